The third-order valence-electron chi connectivity index (χ3n) is 16.4. The SMILES string of the molecule is C[C@]12CC[C@H](O)[C@@](C)(CO)[C@H]1CC[C@]1(C)[C@@H]2C(=O)C=C2[C@]13CC[C@@H]1CC[C@]45CCC#C[C@H](O)[C@@](CC4)([C@@H](O)C3)[C@]21C5. The molecule has 4 bridgehead atoms. The number of allylic oxidation sites excluding steroid dienone is 2. The number of fused-ring (bicyclic) bond motifs is 4. The molecule has 4 N–H and O–H groups in total. The number of carbonyl (C=O) groups excluding carboxylic acids is 1. The van der Waals surface area contributed by atoms with E-state index < -0.39 is 29.1 Å². The molecule has 0 aliphatic heterocycles. The Kier molecular flexibility index (Phi) is 5.40. The molecule has 8 aliphatic carbocycles. The van der Waals surface area contributed by atoms with Gasteiger partial charge in [-0.2, -0.15) is 0 Å². The van der Waals surface area contributed by atoms with Crippen molar-refractivity contribution in [3.8, 4) is 11.8 Å². The van der Waals surface area contributed by atoms with E-state index in [1.54, 1.807) is 0 Å². The number of aliphatic hydroxyl groups excluding tert-OH is 4. The molecule has 0 amide bonds. The minimum Gasteiger partial charge on any atom is -0.396 e. The predicted octanol–water partition coefficient (Wildman–Crippen LogP) is 4.94. The first-order valence-electron chi connectivity index (χ1n) is 16.8. The highest BCUT2D eigenvalue weighted by Crippen LogP contribution is 2.84. The molecule has 8 rings (SSSR count). The van der Waals surface area contributed by atoms with Gasteiger partial charge in [-0.3, -0.25) is 4.79 Å². The molecule has 0 saturated heterocycles. The number of hydrogen-bond donors (Lipinski definition) is 4. The first-order chi connectivity index (χ1) is 19.4. The average Bonchev–Trinajstić information content (AvgIpc) is 3.01. The maximum atomic E-state index is 14.9. The maximum Gasteiger partial charge on any atom is 0.159 e. The summed E-state index contributed by atoms with van der Waals surface area (Å²) in [6, 6.07) is 0. The van der Waals surface area contributed by atoms with Crippen LogP contribution < -0.4 is 0 Å². The van der Waals surface area contributed by atoms with Gasteiger partial charge in [-0.05, 0) is 118 Å². The fraction of sp³-hybridized carbons (Fsp3) is 0.861. The Balaban J connectivity index is 1.36. The highest BCUT2D eigenvalue weighted by molar-refractivity contribution is 5.96. The van der Waals surface area contributed by atoms with Crippen molar-refractivity contribution in [3.05, 3.63) is 11.6 Å². The Morgan fingerprint density at radius 2 is 1.68 bits per heavy atom. The van der Waals surface area contributed by atoms with Crippen LogP contribution in [0.4, 0.5) is 0 Å². The number of ketones is 1. The van der Waals surface area contributed by atoms with Crippen LogP contribution in [0.5, 0.6) is 0 Å². The van der Waals surface area contributed by atoms with Gasteiger partial charge < -0.3 is 20.4 Å². The van der Waals surface area contributed by atoms with Crippen LogP contribution in [0.3, 0.4) is 0 Å². The molecular formula is C36H50O5. The molecule has 6 fully saturated rings. The van der Waals surface area contributed by atoms with E-state index in [0.717, 1.165) is 70.6 Å². The number of carbonyl (C=O) groups is 1. The third-order valence-corrected chi connectivity index (χ3v) is 16.4. The lowest BCUT2D eigenvalue weighted by molar-refractivity contribution is -0.283. The molecule has 5 heteroatoms. The van der Waals surface area contributed by atoms with E-state index in [1.807, 2.05) is 6.92 Å². The van der Waals surface area contributed by atoms with Crippen LogP contribution in [0.1, 0.15) is 111 Å². The predicted molar refractivity (Wildman–Crippen MR) is 155 cm³/mol. The van der Waals surface area contributed by atoms with Crippen molar-refractivity contribution in [1.29, 1.82) is 0 Å². The number of aliphatic hydroxyl groups is 4. The molecule has 5 nitrogen and oxygen atoms in total. The monoisotopic (exact) mass is 562 g/mol. The van der Waals surface area contributed by atoms with Crippen molar-refractivity contribution in [3.63, 3.8) is 0 Å². The van der Waals surface area contributed by atoms with Crippen LogP contribution >= 0.6 is 0 Å². The molecule has 0 unspecified atom stereocenters. The van der Waals surface area contributed by atoms with Gasteiger partial charge in [0.25, 0.3) is 0 Å². The molecule has 224 valence electrons. The topological polar surface area (TPSA) is 98.0 Å². The van der Waals surface area contributed by atoms with Crippen LogP contribution in [0.25, 0.3) is 0 Å². The average molecular weight is 563 g/mol. The Bertz CT molecular complexity index is 1290. The van der Waals surface area contributed by atoms with Gasteiger partial charge >= 0.3 is 0 Å². The van der Waals surface area contributed by atoms with Crippen molar-refractivity contribution in [2.45, 2.75) is 129 Å². The highest BCUT2D eigenvalue weighted by Gasteiger charge is 2.80. The molecule has 41 heavy (non-hydrogen) atoms. The zero-order valence-electron chi connectivity index (χ0n) is 25.3. The van der Waals surface area contributed by atoms with Gasteiger partial charge in [-0.1, -0.05) is 32.3 Å². The van der Waals surface area contributed by atoms with Crippen LogP contribution in [-0.2, 0) is 4.79 Å². The Morgan fingerprint density at radius 3 is 2.46 bits per heavy atom. The molecule has 0 aromatic heterocycles. The van der Waals surface area contributed by atoms with Crippen molar-refractivity contribution in [2.24, 2.45) is 55.7 Å². The van der Waals surface area contributed by atoms with Gasteiger partial charge in [0.2, 0.25) is 0 Å². The molecule has 0 aromatic rings. The van der Waals surface area contributed by atoms with Crippen molar-refractivity contribution >= 4 is 5.78 Å². The fourth-order valence-electron chi connectivity index (χ4n) is 14.6. The van der Waals surface area contributed by atoms with E-state index in [-0.39, 0.29) is 51.3 Å². The molecule has 3 spiro atoms. The molecule has 0 radical (unpaired) electrons. The number of hydrogen-bond acceptors (Lipinski definition) is 5. The second-order valence-electron chi connectivity index (χ2n) is 17.1. The van der Waals surface area contributed by atoms with Crippen molar-refractivity contribution in [2.75, 3.05) is 6.61 Å². The minimum atomic E-state index is -0.870. The van der Waals surface area contributed by atoms with E-state index in [1.165, 1.54) is 12.0 Å². The zero-order valence-corrected chi connectivity index (χ0v) is 25.3. The Morgan fingerprint density at radius 1 is 0.902 bits per heavy atom. The molecule has 0 heterocycles. The van der Waals surface area contributed by atoms with E-state index in [0.29, 0.717) is 18.8 Å². The standard InChI is InChI=1S/C36H50O5/c1-30-12-10-26(39)31(2,21-37)24(30)9-13-32(3)29(30)23(38)18-25-34(32)15-8-22-7-14-33-11-5-4-6-27(40)35(17-16-33,28(41)19-34)36(22,25)20-33/h18,22,24,26-29,37,39-41H,5,7-17,19-21H2,1-3H3/t22-,24-,26-,27-,28-,29+,30-,31-,32+,33+,34+,35-,36-/m0/s1. The lowest BCUT2D eigenvalue weighted by atomic mass is 9.24. The summed E-state index contributed by atoms with van der Waals surface area (Å²) >= 11 is 0. The van der Waals surface area contributed by atoms with Crippen LogP contribution in [0.15, 0.2) is 11.6 Å². The van der Waals surface area contributed by atoms with Crippen molar-refractivity contribution in [1.82, 2.24) is 0 Å². The van der Waals surface area contributed by atoms with Gasteiger partial charge in [0.05, 0.1) is 18.8 Å². The summed E-state index contributed by atoms with van der Waals surface area (Å²) in [5, 5.41) is 46.2. The van der Waals surface area contributed by atoms with Crippen LogP contribution in [-0.4, -0.2) is 51.1 Å². The first-order valence-corrected chi connectivity index (χ1v) is 16.8. The summed E-state index contributed by atoms with van der Waals surface area (Å²) in [6.07, 6.45) is 12.9. The molecule has 8 aliphatic rings. The van der Waals surface area contributed by atoms with E-state index in [4.69, 9.17) is 0 Å². The summed E-state index contributed by atoms with van der Waals surface area (Å²) in [5.74, 6) is 7.07. The lowest BCUT2D eigenvalue weighted by Crippen LogP contribution is -2.76. The molecule has 0 aromatic carbocycles. The quantitative estimate of drug-likeness (QED) is 0.339. The molecule has 13 atom stereocenters. The molecular weight excluding hydrogens is 512 g/mol. The summed E-state index contributed by atoms with van der Waals surface area (Å²) in [6.45, 7) is 6.64. The summed E-state index contributed by atoms with van der Waals surface area (Å²) in [4.78, 5) is 14.9. The van der Waals surface area contributed by atoms with E-state index in [9.17, 15) is 25.2 Å². The summed E-state index contributed by atoms with van der Waals surface area (Å²) in [5.41, 5.74) is -1.09. The van der Waals surface area contributed by atoms with Gasteiger partial charge in [-0.25, -0.2) is 0 Å². The second-order valence-corrected chi connectivity index (χ2v) is 17.1. The fourth-order valence-corrected chi connectivity index (χ4v) is 14.6. The zero-order chi connectivity index (χ0) is 28.8. The maximum absolute atomic E-state index is 14.9. The van der Waals surface area contributed by atoms with Gasteiger partial charge in [0, 0.05) is 34.0 Å². The number of rotatable bonds is 1. The van der Waals surface area contributed by atoms with Crippen LogP contribution in [0.2, 0.25) is 0 Å². The molecule has 6 saturated carbocycles. The normalized spacial score (nSPS) is 60.2. The third kappa shape index (κ3) is 2.77. The largest absolute Gasteiger partial charge is 0.396 e. The van der Waals surface area contributed by atoms with Crippen molar-refractivity contribution < 1.29 is 25.2 Å². The van der Waals surface area contributed by atoms with Crippen LogP contribution in [0, 0.1) is 67.5 Å². The minimum absolute atomic E-state index is 0.0642. The lowest BCUT2D eigenvalue weighted by Gasteiger charge is -2.79. The van der Waals surface area contributed by atoms with Gasteiger partial charge in [-0.15, -0.1) is 5.92 Å². The first kappa shape index (κ1) is 27.4. The van der Waals surface area contributed by atoms with E-state index in [2.05, 4.69) is 31.8 Å². The Hall–Kier alpha value is -1.19. The summed E-state index contributed by atoms with van der Waals surface area (Å²) in [7, 11) is 0. The van der Waals surface area contributed by atoms with E-state index >= 15 is 0 Å². The summed E-state index contributed by atoms with van der Waals surface area (Å²) < 4.78 is 0. The second kappa shape index (κ2) is 8.09. The Labute approximate surface area is 245 Å². The van der Waals surface area contributed by atoms with Gasteiger partial charge in [0.15, 0.2) is 5.78 Å². The van der Waals surface area contributed by atoms with Gasteiger partial charge in [0.1, 0.15) is 6.10 Å². The highest BCUT2D eigenvalue weighted by atomic mass is 16.3. The smallest absolute Gasteiger partial charge is 0.159 e.